The topological polar surface area (TPSA) is 0 Å². The highest BCUT2D eigenvalue weighted by Crippen LogP contribution is 2.20. The van der Waals surface area contributed by atoms with Crippen LogP contribution in [0.3, 0.4) is 0 Å². The Hall–Kier alpha value is -1.82. The lowest BCUT2D eigenvalue weighted by molar-refractivity contribution is 0.502. The number of aryl methyl sites for hydroxylation is 2. The van der Waals surface area contributed by atoms with E-state index in [4.69, 9.17) is 0 Å². The Balaban J connectivity index is 0.000000528. The summed E-state index contributed by atoms with van der Waals surface area (Å²) in [7, 11) is 0. The fourth-order valence-corrected chi connectivity index (χ4v) is 2.61. The van der Waals surface area contributed by atoms with E-state index in [-0.39, 0.29) is 0 Å². The molecule has 0 radical (unpaired) electrons. The van der Waals surface area contributed by atoms with Gasteiger partial charge < -0.3 is 0 Å². The fraction of sp³-hybridized carbons (Fsp3) is 0.481. The summed E-state index contributed by atoms with van der Waals surface area (Å²) in [5.41, 5.74) is 5.35. The van der Waals surface area contributed by atoms with Crippen molar-refractivity contribution in [1.29, 1.82) is 0 Å². The first-order valence-corrected chi connectivity index (χ1v) is 10.7. The summed E-state index contributed by atoms with van der Waals surface area (Å²) >= 11 is 0. The molecule has 0 fully saturated rings. The second-order valence-corrected chi connectivity index (χ2v) is 7.50. The standard InChI is InChI=1S/C16H18.C9H18.C2H6/c1-3-4-14-7-11-16(12-8-14)15-9-5-13(2)6-10-15;1-5-9(4)7-6-8(2)3;1-2/h5-12H,3-4H2,1-2H3;5,8-9H,1,6-7H2,2-4H3;1-2H3. The largest absolute Gasteiger partial charge is 0.103 e. The van der Waals surface area contributed by atoms with Gasteiger partial charge in [0.15, 0.2) is 0 Å². The average molecular weight is 367 g/mol. The highest BCUT2D eigenvalue weighted by Gasteiger charge is 1.98. The minimum atomic E-state index is 0.701. The van der Waals surface area contributed by atoms with E-state index in [1.807, 2.05) is 19.9 Å². The van der Waals surface area contributed by atoms with Crippen molar-refractivity contribution in [3.63, 3.8) is 0 Å². The van der Waals surface area contributed by atoms with Gasteiger partial charge in [0.2, 0.25) is 0 Å². The normalized spacial score (nSPS) is 11.0. The van der Waals surface area contributed by atoms with E-state index in [0.29, 0.717) is 5.92 Å². The molecule has 150 valence electrons. The van der Waals surface area contributed by atoms with Crippen LogP contribution in [0.1, 0.15) is 71.9 Å². The van der Waals surface area contributed by atoms with Gasteiger partial charge in [-0.15, -0.1) is 6.58 Å². The van der Waals surface area contributed by atoms with E-state index >= 15 is 0 Å². The third kappa shape index (κ3) is 11.5. The lowest BCUT2D eigenvalue weighted by Gasteiger charge is -2.06. The quantitative estimate of drug-likeness (QED) is 0.429. The molecule has 2 aromatic carbocycles. The van der Waals surface area contributed by atoms with Crippen molar-refractivity contribution in [2.45, 2.75) is 74.1 Å². The van der Waals surface area contributed by atoms with Crippen LogP contribution in [0.25, 0.3) is 11.1 Å². The summed E-state index contributed by atoms with van der Waals surface area (Å²) in [4.78, 5) is 0. The third-order valence-corrected chi connectivity index (χ3v) is 4.48. The van der Waals surface area contributed by atoms with Gasteiger partial charge >= 0.3 is 0 Å². The lowest BCUT2D eigenvalue weighted by atomic mass is 10.00. The maximum absolute atomic E-state index is 3.74. The Bertz CT molecular complexity index is 587. The minimum Gasteiger partial charge on any atom is -0.103 e. The Kier molecular flexibility index (Phi) is 14.2. The lowest BCUT2D eigenvalue weighted by Crippen LogP contribution is -1.93. The van der Waals surface area contributed by atoms with Gasteiger partial charge in [-0.25, -0.2) is 0 Å². The second-order valence-electron chi connectivity index (χ2n) is 7.50. The van der Waals surface area contributed by atoms with Crippen molar-refractivity contribution < 1.29 is 0 Å². The van der Waals surface area contributed by atoms with Gasteiger partial charge in [0.1, 0.15) is 0 Å². The smallest absolute Gasteiger partial charge is 0.0184 e. The minimum absolute atomic E-state index is 0.701. The molecular weight excluding hydrogens is 324 g/mol. The number of allylic oxidation sites excluding steroid dienone is 1. The molecule has 0 spiro atoms. The molecule has 0 bridgehead atoms. The monoisotopic (exact) mass is 366 g/mol. The van der Waals surface area contributed by atoms with Crippen molar-refractivity contribution in [3.8, 4) is 11.1 Å². The Labute approximate surface area is 169 Å². The second kappa shape index (κ2) is 15.3. The summed E-state index contributed by atoms with van der Waals surface area (Å²) in [5.74, 6) is 1.54. The summed E-state index contributed by atoms with van der Waals surface area (Å²) in [6, 6.07) is 17.6. The van der Waals surface area contributed by atoms with Crippen LogP contribution < -0.4 is 0 Å². The van der Waals surface area contributed by atoms with Crippen LogP contribution in [0.5, 0.6) is 0 Å². The average Bonchev–Trinajstić information content (AvgIpc) is 2.69. The number of hydrogen-bond acceptors (Lipinski definition) is 0. The molecule has 2 rings (SSSR count). The van der Waals surface area contributed by atoms with Crippen LogP contribution in [0.15, 0.2) is 61.2 Å². The number of benzene rings is 2. The van der Waals surface area contributed by atoms with Crippen LogP contribution in [0.2, 0.25) is 0 Å². The van der Waals surface area contributed by atoms with Crippen LogP contribution in [0.4, 0.5) is 0 Å². The molecule has 0 aliphatic rings. The predicted octanol–water partition coefficient (Wildman–Crippen LogP) is 8.89. The zero-order chi connectivity index (χ0) is 20.7. The van der Waals surface area contributed by atoms with Gasteiger partial charge in [0, 0.05) is 0 Å². The molecule has 0 aliphatic heterocycles. The Morgan fingerprint density at radius 3 is 1.70 bits per heavy atom. The van der Waals surface area contributed by atoms with E-state index < -0.39 is 0 Å². The maximum atomic E-state index is 3.74. The van der Waals surface area contributed by atoms with Gasteiger partial charge in [-0.1, -0.05) is 115 Å². The van der Waals surface area contributed by atoms with Crippen molar-refractivity contribution in [2.75, 3.05) is 0 Å². The van der Waals surface area contributed by atoms with Crippen LogP contribution in [-0.2, 0) is 6.42 Å². The molecule has 0 amide bonds. The molecule has 0 N–H and O–H groups in total. The highest BCUT2D eigenvalue weighted by molar-refractivity contribution is 5.63. The molecule has 0 aromatic heterocycles. The molecule has 1 atom stereocenters. The first-order valence-electron chi connectivity index (χ1n) is 10.7. The van der Waals surface area contributed by atoms with Gasteiger partial charge in [0.25, 0.3) is 0 Å². The first-order chi connectivity index (χ1) is 13.0. The molecule has 0 saturated carbocycles. The molecule has 0 heteroatoms. The fourth-order valence-electron chi connectivity index (χ4n) is 2.61. The van der Waals surface area contributed by atoms with Gasteiger partial charge in [-0.2, -0.15) is 0 Å². The molecule has 0 saturated heterocycles. The molecule has 0 aliphatic carbocycles. The third-order valence-electron chi connectivity index (χ3n) is 4.48. The van der Waals surface area contributed by atoms with Crippen molar-refractivity contribution in [2.24, 2.45) is 11.8 Å². The Morgan fingerprint density at radius 1 is 0.815 bits per heavy atom. The first kappa shape index (κ1) is 25.2. The Morgan fingerprint density at radius 2 is 1.30 bits per heavy atom. The number of rotatable bonds is 7. The molecular formula is C27H42. The molecule has 0 heterocycles. The summed E-state index contributed by atoms with van der Waals surface area (Å²) in [5, 5.41) is 0. The van der Waals surface area contributed by atoms with E-state index in [1.165, 1.54) is 47.9 Å². The summed E-state index contributed by atoms with van der Waals surface area (Å²) in [6.45, 7) is 18.8. The van der Waals surface area contributed by atoms with Crippen LogP contribution in [-0.4, -0.2) is 0 Å². The van der Waals surface area contributed by atoms with Crippen LogP contribution >= 0.6 is 0 Å². The van der Waals surface area contributed by atoms with Gasteiger partial charge in [-0.05, 0) is 48.3 Å². The van der Waals surface area contributed by atoms with Gasteiger partial charge in [-0.3, -0.25) is 0 Å². The van der Waals surface area contributed by atoms with Crippen LogP contribution in [0, 0.1) is 18.8 Å². The predicted molar refractivity (Wildman–Crippen MR) is 125 cm³/mol. The van der Waals surface area contributed by atoms with E-state index in [0.717, 1.165) is 5.92 Å². The van der Waals surface area contributed by atoms with E-state index in [1.54, 1.807) is 0 Å². The molecule has 1 unspecified atom stereocenters. The molecule has 0 nitrogen and oxygen atoms in total. The zero-order valence-corrected chi connectivity index (χ0v) is 18.9. The zero-order valence-electron chi connectivity index (χ0n) is 18.9. The number of hydrogen-bond donors (Lipinski definition) is 0. The summed E-state index contributed by atoms with van der Waals surface area (Å²) in [6.07, 6.45) is 7.04. The highest BCUT2D eigenvalue weighted by atomic mass is 14.0. The van der Waals surface area contributed by atoms with Crippen molar-refractivity contribution in [1.82, 2.24) is 0 Å². The maximum Gasteiger partial charge on any atom is -0.0184 e. The van der Waals surface area contributed by atoms with Crippen molar-refractivity contribution in [3.05, 3.63) is 72.3 Å². The van der Waals surface area contributed by atoms with E-state index in [9.17, 15) is 0 Å². The van der Waals surface area contributed by atoms with E-state index in [2.05, 4.69) is 89.7 Å². The molecule has 27 heavy (non-hydrogen) atoms. The van der Waals surface area contributed by atoms with Gasteiger partial charge in [0.05, 0.1) is 0 Å². The molecule has 2 aromatic rings. The SMILES string of the molecule is C=CC(C)CCC(C)C.CC.CCCc1ccc(-c2ccc(C)cc2)cc1. The summed E-state index contributed by atoms with van der Waals surface area (Å²) < 4.78 is 0. The van der Waals surface area contributed by atoms with Crippen molar-refractivity contribution >= 4 is 0 Å².